The van der Waals surface area contributed by atoms with Crippen molar-refractivity contribution in [1.82, 2.24) is 14.8 Å². The van der Waals surface area contributed by atoms with Gasteiger partial charge in [-0.3, -0.25) is 14.5 Å². The van der Waals surface area contributed by atoms with Crippen LogP contribution < -0.4 is 4.74 Å². The van der Waals surface area contributed by atoms with Crippen LogP contribution in [0.1, 0.15) is 22.8 Å². The molecule has 0 unspecified atom stereocenters. The number of nitrogens with one attached hydrogen (secondary N) is 1. The predicted octanol–water partition coefficient (Wildman–Crippen LogP) is 3.13. The molecule has 1 aromatic heterocycles. The number of hydrogen-bond donors (Lipinski definition) is 1. The largest absolute Gasteiger partial charge is 0.496 e. The lowest BCUT2D eigenvalue weighted by Gasteiger charge is -2.41. The van der Waals surface area contributed by atoms with Gasteiger partial charge < -0.3 is 14.6 Å². The van der Waals surface area contributed by atoms with Crippen LogP contribution in [0.2, 0.25) is 0 Å². The van der Waals surface area contributed by atoms with E-state index in [1.807, 2.05) is 47.5 Å². The van der Waals surface area contributed by atoms with E-state index in [9.17, 15) is 9.59 Å². The molecule has 1 aliphatic heterocycles. The van der Waals surface area contributed by atoms with Crippen molar-refractivity contribution in [2.45, 2.75) is 19.4 Å². The van der Waals surface area contributed by atoms with E-state index in [0.29, 0.717) is 37.5 Å². The highest BCUT2D eigenvalue weighted by molar-refractivity contribution is 5.97. The number of aromatic nitrogens is 1. The molecule has 30 heavy (non-hydrogen) atoms. The van der Waals surface area contributed by atoms with E-state index in [2.05, 4.69) is 22.0 Å². The van der Waals surface area contributed by atoms with Gasteiger partial charge in [0.2, 0.25) is 0 Å². The van der Waals surface area contributed by atoms with Crippen molar-refractivity contribution in [2.75, 3.05) is 33.3 Å². The summed E-state index contributed by atoms with van der Waals surface area (Å²) in [5.74, 6) is 0.699. The van der Waals surface area contributed by atoms with Crippen molar-refractivity contribution in [3.8, 4) is 5.75 Å². The van der Waals surface area contributed by atoms with E-state index in [0.717, 1.165) is 11.9 Å². The van der Waals surface area contributed by atoms with Gasteiger partial charge in [0, 0.05) is 42.8 Å². The first-order valence-electron chi connectivity index (χ1n) is 10.3. The fourth-order valence-corrected chi connectivity index (χ4v) is 4.35. The molecule has 0 aliphatic carbocycles. The number of carbonyl (C=O) groups excluding carboxylic acids is 2. The van der Waals surface area contributed by atoms with Gasteiger partial charge in [-0.05, 0) is 37.1 Å². The third-order valence-electron chi connectivity index (χ3n) is 5.74. The van der Waals surface area contributed by atoms with Crippen LogP contribution >= 0.6 is 0 Å². The maximum atomic E-state index is 13.5. The van der Waals surface area contributed by atoms with Gasteiger partial charge in [0.05, 0.1) is 19.2 Å². The SMILES string of the molecule is COc1ccccc1C(=O)N1CCN(CC(C)=O)C[C@H]1Cc1c[nH]c2ccccc12. The highest BCUT2D eigenvalue weighted by Gasteiger charge is 2.33. The van der Waals surface area contributed by atoms with E-state index < -0.39 is 0 Å². The first-order valence-corrected chi connectivity index (χ1v) is 10.3. The molecule has 1 fully saturated rings. The molecule has 3 aromatic rings. The standard InChI is InChI=1S/C24H27N3O3/c1-17(28)15-26-11-12-27(24(29)21-8-4-6-10-23(21)30-2)19(16-26)13-18-14-25-22-9-5-3-7-20(18)22/h3-10,14,19,25H,11-13,15-16H2,1-2H3/t19-/m1/s1. The number of para-hydroxylation sites is 2. The molecule has 1 atom stereocenters. The van der Waals surface area contributed by atoms with Gasteiger partial charge in [-0.25, -0.2) is 0 Å². The normalized spacial score (nSPS) is 17.3. The summed E-state index contributed by atoms with van der Waals surface area (Å²) in [6.45, 7) is 3.96. The predicted molar refractivity (Wildman–Crippen MR) is 117 cm³/mol. The molecule has 1 aliphatic rings. The molecule has 0 bridgehead atoms. The second-order valence-electron chi connectivity index (χ2n) is 7.85. The van der Waals surface area contributed by atoms with Crippen LogP contribution in [0.3, 0.4) is 0 Å². The van der Waals surface area contributed by atoms with Crippen LogP contribution in [0.25, 0.3) is 10.9 Å². The minimum atomic E-state index is -0.0327. The minimum Gasteiger partial charge on any atom is -0.496 e. The third kappa shape index (κ3) is 4.09. The van der Waals surface area contributed by atoms with Crippen molar-refractivity contribution in [1.29, 1.82) is 0 Å². The molecule has 1 saturated heterocycles. The Morgan fingerprint density at radius 2 is 1.87 bits per heavy atom. The molecule has 156 valence electrons. The molecule has 0 saturated carbocycles. The number of Topliss-reactive ketones (excluding diaryl/α,β-unsaturated/α-hetero) is 1. The summed E-state index contributed by atoms with van der Waals surface area (Å²) in [6.07, 6.45) is 2.75. The first-order chi connectivity index (χ1) is 14.6. The number of nitrogens with zero attached hydrogens (tertiary/aromatic N) is 2. The second kappa shape index (κ2) is 8.71. The number of methoxy groups -OCH3 is 1. The zero-order valence-corrected chi connectivity index (χ0v) is 17.4. The summed E-state index contributed by atoms with van der Waals surface area (Å²) >= 11 is 0. The Morgan fingerprint density at radius 3 is 2.67 bits per heavy atom. The summed E-state index contributed by atoms with van der Waals surface area (Å²) in [5.41, 5.74) is 2.84. The van der Waals surface area contributed by atoms with Gasteiger partial charge in [-0.1, -0.05) is 30.3 Å². The zero-order chi connectivity index (χ0) is 21.1. The Kier molecular flexibility index (Phi) is 5.86. The van der Waals surface area contributed by atoms with Crippen molar-refractivity contribution in [3.63, 3.8) is 0 Å². The van der Waals surface area contributed by atoms with E-state index in [4.69, 9.17) is 4.74 Å². The Balaban J connectivity index is 1.64. The zero-order valence-electron chi connectivity index (χ0n) is 17.4. The van der Waals surface area contributed by atoms with E-state index in [1.54, 1.807) is 14.0 Å². The van der Waals surface area contributed by atoms with E-state index >= 15 is 0 Å². The molecule has 1 N–H and O–H groups in total. The number of ether oxygens (including phenoxy) is 1. The maximum Gasteiger partial charge on any atom is 0.257 e. The van der Waals surface area contributed by atoms with Crippen LogP contribution in [-0.4, -0.2) is 65.8 Å². The van der Waals surface area contributed by atoms with Gasteiger partial charge >= 0.3 is 0 Å². The molecule has 6 nitrogen and oxygen atoms in total. The summed E-state index contributed by atoms with van der Waals surface area (Å²) in [6, 6.07) is 15.5. The number of H-pyrrole nitrogens is 1. The van der Waals surface area contributed by atoms with Crippen molar-refractivity contribution < 1.29 is 14.3 Å². The first kappa shape index (κ1) is 20.2. The molecule has 1 amide bonds. The summed E-state index contributed by atoms with van der Waals surface area (Å²) in [4.78, 5) is 32.6. The molecule has 0 spiro atoms. The van der Waals surface area contributed by atoms with Gasteiger partial charge in [-0.15, -0.1) is 0 Å². The molecule has 2 aromatic carbocycles. The van der Waals surface area contributed by atoms with Crippen molar-refractivity contribution in [3.05, 3.63) is 65.9 Å². The molecule has 4 rings (SSSR count). The third-order valence-corrected chi connectivity index (χ3v) is 5.74. The van der Waals surface area contributed by atoms with Crippen LogP contribution in [-0.2, 0) is 11.2 Å². The van der Waals surface area contributed by atoms with Gasteiger partial charge in [0.25, 0.3) is 5.91 Å². The number of fused-ring (bicyclic) bond motifs is 1. The lowest BCUT2D eigenvalue weighted by atomic mass is 10.00. The molecule has 2 heterocycles. The number of amides is 1. The van der Waals surface area contributed by atoms with Crippen molar-refractivity contribution >= 4 is 22.6 Å². The number of ketones is 1. The monoisotopic (exact) mass is 405 g/mol. The Hall–Kier alpha value is -3.12. The molecular weight excluding hydrogens is 378 g/mol. The lowest BCUT2D eigenvalue weighted by Crippen LogP contribution is -2.56. The number of hydrogen-bond acceptors (Lipinski definition) is 4. The van der Waals surface area contributed by atoms with Gasteiger partial charge in [-0.2, -0.15) is 0 Å². The Morgan fingerprint density at radius 1 is 1.10 bits per heavy atom. The number of piperazine rings is 1. The van der Waals surface area contributed by atoms with Crippen LogP contribution in [0.15, 0.2) is 54.7 Å². The highest BCUT2D eigenvalue weighted by Crippen LogP contribution is 2.26. The minimum absolute atomic E-state index is 0.0280. The number of carbonyl (C=O) groups is 2. The number of benzene rings is 2. The van der Waals surface area contributed by atoms with E-state index in [-0.39, 0.29) is 17.7 Å². The fourth-order valence-electron chi connectivity index (χ4n) is 4.35. The average molecular weight is 405 g/mol. The van der Waals surface area contributed by atoms with Crippen molar-refractivity contribution in [2.24, 2.45) is 0 Å². The Bertz CT molecular complexity index is 1060. The molecular formula is C24H27N3O3. The molecule has 6 heteroatoms. The van der Waals surface area contributed by atoms with Gasteiger partial charge in [0.15, 0.2) is 0 Å². The number of aromatic amines is 1. The fraction of sp³-hybridized carbons (Fsp3) is 0.333. The second-order valence-corrected chi connectivity index (χ2v) is 7.85. The van der Waals surface area contributed by atoms with E-state index in [1.165, 1.54) is 10.9 Å². The quantitative estimate of drug-likeness (QED) is 0.684. The summed E-state index contributed by atoms with van der Waals surface area (Å²) < 4.78 is 5.42. The smallest absolute Gasteiger partial charge is 0.257 e. The topological polar surface area (TPSA) is 65.6 Å². The van der Waals surface area contributed by atoms with Gasteiger partial charge in [0.1, 0.15) is 11.5 Å². The Labute approximate surface area is 176 Å². The summed E-state index contributed by atoms with van der Waals surface area (Å²) in [5, 5.41) is 1.17. The lowest BCUT2D eigenvalue weighted by molar-refractivity contribution is -0.118. The molecule has 0 radical (unpaired) electrons. The van der Waals surface area contributed by atoms with Crippen LogP contribution in [0.5, 0.6) is 5.75 Å². The van der Waals surface area contributed by atoms with Crippen LogP contribution in [0, 0.1) is 0 Å². The van der Waals surface area contributed by atoms with Crippen LogP contribution in [0.4, 0.5) is 0 Å². The maximum absolute atomic E-state index is 13.5. The number of rotatable bonds is 6. The average Bonchev–Trinajstić information content (AvgIpc) is 3.16. The highest BCUT2D eigenvalue weighted by atomic mass is 16.5. The summed E-state index contributed by atoms with van der Waals surface area (Å²) in [7, 11) is 1.58.